The van der Waals surface area contributed by atoms with Crippen molar-refractivity contribution in [2.45, 2.75) is 25.3 Å². The van der Waals surface area contributed by atoms with Crippen LogP contribution in [0.2, 0.25) is 0 Å². The van der Waals surface area contributed by atoms with Crippen LogP contribution in [0.1, 0.15) is 20.3 Å². The Hall–Kier alpha value is -0.700. The fourth-order valence-electron chi connectivity index (χ4n) is 0.915. The molecule has 0 aliphatic rings. The highest BCUT2D eigenvalue weighted by Gasteiger charge is 2.00. The Bertz CT molecular complexity index is 261. The van der Waals surface area contributed by atoms with Gasteiger partial charge in [0.2, 0.25) is 0 Å². The van der Waals surface area contributed by atoms with Crippen molar-refractivity contribution in [3.8, 4) is 0 Å². The lowest BCUT2D eigenvalue weighted by Gasteiger charge is -2.05. The molecular formula is C10H16N2S. The molecule has 72 valence electrons. The maximum absolute atomic E-state index is 5.75. The van der Waals surface area contributed by atoms with Crippen LogP contribution in [0.25, 0.3) is 0 Å². The first-order chi connectivity index (χ1) is 6.20. The molecule has 0 saturated carbocycles. The van der Waals surface area contributed by atoms with E-state index in [0.29, 0.717) is 0 Å². The Morgan fingerprint density at radius 3 is 2.92 bits per heavy atom. The van der Waals surface area contributed by atoms with Gasteiger partial charge in [-0.1, -0.05) is 13.8 Å². The smallest absolute Gasteiger partial charge is 0.119 e. The van der Waals surface area contributed by atoms with Crippen LogP contribution >= 0.6 is 11.8 Å². The maximum Gasteiger partial charge on any atom is 0.119 e. The van der Waals surface area contributed by atoms with Crippen molar-refractivity contribution < 1.29 is 0 Å². The number of thioether (sulfide) groups is 1. The molecule has 3 heteroatoms. The van der Waals surface area contributed by atoms with Crippen molar-refractivity contribution >= 4 is 17.4 Å². The predicted molar refractivity (Wildman–Crippen MR) is 58.8 cm³/mol. The van der Waals surface area contributed by atoms with E-state index < -0.39 is 0 Å². The van der Waals surface area contributed by atoms with E-state index in [1.807, 2.05) is 12.1 Å². The first-order valence-electron chi connectivity index (χ1n) is 4.53. The Morgan fingerprint density at radius 1 is 1.54 bits per heavy atom. The molecular weight excluding hydrogens is 180 g/mol. The largest absolute Gasteiger partial charge is 0.397 e. The van der Waals surface area contributed by atoms with Crippen molar-refractivity contribution in [1.82, 2.24) is 4.98 Å². The van der Waals surface area contributed by atoms with E-state index in [2.05, 4.69) is 18.8 Å². The number of pyridine rings is 1. The zero-order chi connectivity index (χ0) is 9.68. The zero-order valence-corrected chi connectivity index (χ0v) is 8.97. The molecule has 0 unspecified atom stereocenters. The third kappa shape index (κ3) is 3.68. The summed E-state index contributed by atoms with van der Waals surface area (Å²) in [7, 11) is 0. The van der Waals surface area contributed by atoms with E-state index in [1.165, 1.54) is 6.42 Å². The van der Waals surface area contributed by atoms with Gasteiger partial charge < -0.3 is 5.73 Å². The van der Waals surface area contributed by atoms with Gasteiger partial charge in [0.15, 0.2) is 0 Å². The molecule has 0 amide bonds. The van der Waals surface area contributed by atoms with Gasteiger partial charge in [-0.25, -0.2) is 4.98 Å². The van der Waals surface area contributed by atoms with Crippen molar-refractivity contribution in [3.63, 3.8) is 0 Å². The third-order valence-corrected chi connectivity index (χ3v) is 2.79. The van der Waals surface area contributed by atoms with Crippen LogP contribution in [-0.2, 0) is 0 Å². The third-order valence-electron chi connectivity index (χ3n) is 1.73. The summed E-state index contributed by atoms with van der Waals surface area (Å²) in [5.74, 6) is 1.84. The number of hydrogen-bond donors (Lipinski definition) is 1. The molecule has 1 rings (SSSR count). The van der Waals surface area contributed by atoms with Crippen LogP contribution in [0.15, 0.2) is 23.4 Å². The highest BCUT2D eigenvalue weighted by Crippen LogP contribution is 2.23. The monoisotopic (exact) mass is 196 g/mol. The van der Waals surface area contributed by atoms with Gasteiger partial charge in [0, 0.05) is 6.20 Å². The number of nitrogens with two attached hydrogens (primary N) is 1. The minimum Gasteiger partial charge on any atom is -0.397 e. The average Bonchev–Trinajstić information content (AvgIpc) is 2.08. The van der Waals surface area contributed by atoms with Crippen LogP contribution in [-0.4, -0.2) is 10.7 Å². The second-order valence-electron chi connectivity index (χ2n) is 3.43. The SMILES string of the molecule is CC(C)CCSc1ncccc1N. The zero-order valence-electron chi connectivity index (χ0n) is 8.16. The molecule has 1 heterocycles. The molecule has 1 aromatic heterocycles. The summed E-state index contributed by atoms with van der Waals surface area (Å²) in [4.78, 5) is 4.21. The second-order valence-corrected chi connectivity index (χ2v) is 4.51. The minimum absolute atomic E-state index is 0.748. The number of anilines is 1. The second kappa shape index (κ2) is 5.12. The first-order valence-corrected chi connectivity index (χ1v) is 5.52. The van der Waals surface area contributed by atoms with Crippen LogP contribution < -0.4 is 5.73 Å². The molecule has 2 nitrogen and oxygen atoms in total. The Labute approximate surface area is 83.9 Å². The topological polar surface area (TPSA) is 38.9 Å². The number of rotatable bonds is 4. The molecule has 0 aliphatic carbocycles. The number of nitrogen functional groups attached to an aromatic ring is 1. The summed E-state index contributed by atoms with van der Waals surface area (Å²) in [5, 5.41) is 0.961. The predicted octanol–water partition coefficient (Wildman–Crippen LogP) is 2.80. The Balaban J connectivity index is 2.41. The summed E-state index contributed by atoms with van der Waals surface area (Å²) in [5.41, 5.74) is 6.54. The number of aromatic nitrogens is 1. The van der Waals surface area contributed by atoms with Crippen LogP contribution in [0.4, 0.5) is 5.69 Å². The van der Waals surface area contributed by atoms with Crippen LogP contribution in [0.3, 0.4) is 0 Å². The van der Waals surface area contributed by atoms with Gasteiger partial charge in [-0.05, 0) is 30.2 Å². The van der Waals surface area contributed by atoms with Gasteiger partial charge >= 0.3 is 0 Å². The van der Waals surface area contributed by atoms with Gasteiger partial charge in [-0.2, -0.15) is 0 Å². The fourth-order valence-corrected chi connectivity index (χ4v) is 2.07. The minimum atomic E-state index is 0.748. The molecule has 0 aromatic carbocycles. The van der Waals surface area contributed by atoms with Gasteiger partial charge in [-0.3, -0.25) is 0 Å². The normalized spacial score (nSPS) is 10.7. The van der Waals surface area contributed by atoms with Gasteiger partial charge in [0.1, 0.15) is 5.03 Å². The molecule has 2 N–H and O–H groups in total. The summed E-state index contributed by atoms with van der Waals surface area (Å²) in [6.45, 7) is 4.45. The molecule has 0 aliphatic heterocycles. The van der Waals surface area contributed by atoms with Crippen molar-refractivity contribution in [1.29, 1.82) is 0 Å². The van der Waals surface area contributed by atoms with E-state index in [1.54, 1.807) is 18.0 Å². The summed E-state index contributed by atoms with van der Waals surface area (Å²) < 4.78 is 0. The molecule has 0 bridgehead atoms. The number of nitrogens with zero attached hydrogens (tertiary/aromatic N) is 1. The summed E-state index contributed by atoms with van der Waals surface area (Å²) >= 11 is 1.74. The molecule has 0 fully saturated rings. The summed E-state index contributed by atoms with van der Waals surface area (Å²) in [6.07, 6.45) is 2.99. The first kappa shape index (κ1) is 10.4. The van der Waals surface area contributed by atoms with Gasteiger partial charge in [0.25, 0.3) is 0 Å². The van der Waals surface area contributed by atoms with Gasteiger partial charge in [0.05, 0.1) is 5.69 Å². The average molecular weight is 196 g/mol. The Morgan fingerprint density at radius 2 is 2.31 bits per heavy atom. The molecule has 0 spiro atoms. The van der Waals surface area contributed by atoms with Crippen molar-refractivity contribution in [3.05, 3.63) is 18.3 Å². The van der Waals surface area contributed by atoms with Crippen molar-refractivity contribution in [2.75, 3.05) is 11.5 Å². The van der Waals surface area contributed by atoms with Crippen LogP contribution in [0.5, 0.6) is 0 Å². The standard InChI is InChI=1S/C10H16N2S/c1-8(2)5-7-13-10-9(11)4-3-6-12-10/h3-4,6,8H,5,7,11H2,1-2H3. The highest BCUT2D eigenvalue weighted by molar-refractivity contribution is 7.99. The maximum atomic E-state index is 5.75. The number of hydrogen-bond acceptors (Lipinski definition) is 3. The summed E-state index contributed by atoms with van der Waals surface area (Å²) in [6, 6.07) is 3.76. The van der Waals surface area contributed by atoms with Crippen LogP contribution in [0, 0.1) is 5.92 Å². The quantitative estimate of drug-likeness (QED) is 0.753. The van der Waals surface area contributed by atoms with E-state index >= 15 is 0 Å². The van der Waals surface area contributed by atoms with E-state index in [0.717, 1.165) is 22.4 Å². The lowest BCUT2D eigenvalue weighted by molar-refractivity contribution is 0.632. The molecule has 0 saturated heterocycles. The van der Waals surface area contributed by atoms with Gasteiger partial charge in [-0.15, -0.1) is 11.8 Å². The lowest BCUT2D eigenvalue weighted by atomic mass is 10.2. The molecule has 1 aromatic rings. The Kier molecular flexibility index (Phi) is 4.09. The fraction of sp³-hybridized carbons (Fsp3) is 0.500. The van der Waals surface area contributed by atoms with E-state index in [4.69, 9.17) is 5.73 Å². The van der Waals surface area contributed by atoms with E-state index in [9.17, 15) is 0 Å². The van der Waals surface area contributed by atoms with Crippen molar-refractivity contribution in [2.24, 2.45) is 5.92 Å². The van der Waals surface area contributed by atoms with E-state index in [-0.39, 0.29) is 0 Å². The highest BCUT2D eigenvalue weighted by atomic mass is 32.2. The molecule has 13 heavy (non-hydrogen) atoms. The lowest BCUT2D eigenvalue weighted by Crippen LogP contribution is -1.94. The molecule has 0 radical (unpaired) electrons. The molecule has 0 atom stereocenters.